The van der Waals surface area contributed by atoms with Crippen molar-refractivity contribution in [2.24, 2.45) is 0 Å². The molecule has 1 saturated carbocycles. The number of anilines is 3. The average molecular weight is 493 g/mol. The highest BCUT2D eigenvalue weighted by Crippen LogP contribution is 2.30. The number of alkyl carbamates (subject to hydrolysis) is 1. The molecule has 196 valence electrons. The van der Waals surface area contributed by atoms with Crippen LogP contribution in [0.4, 0.5) is 22.4 Å². The van der Waals surface area contributed by atoms with Gasteiger partial charge >= 0.3 is 12.1 Å². The van der Waals surface area contributed by atoms with E-state index in [1.54, 1.807) is 20.8 Å². The summed E-state index contributed by atoms with van der Waals surface area (Å²) >= 11 is 0. The first-order chi connectivity index (χ1) is 16.6. The number of unbranched alkanes of at least 4 members (excludes halogenated alkanes) is 1. The summed E-state index contributed by atoms with van der Waals surface area (Å²) in [5.41, 5.74) is 5.66. The number of nitrogens with two attached hydrogens (primary N) is 1. The molecule has 4 N–H and O–H groups in total. The molecule has 11 nitrogen and oxygen atoms in total. The largest absolute Gasteiger partial charge is 0.467 e. The third kappa shape index (κ3) is 8.88. The number of nitrogens with one attached hydrogen (secondary N) is 2. The van der Waals surface area contributed by atoms with Crippen LogP contribution in [0.15, 0.2) is 0 Å². The van der Waals surface area contributed by atoms with Gasteiger partial charge in [0, 0.05) is 19.6 Å². The minimum absolute atomic E-state index is 0.0148. The number of nitrogens with zero attached hydrogens (tertiary/aromatic N) is 3. The zero-order valence-corrected chi connectivity index (χ0v) is 21.6. The Kier molecular flexibility index (Phi) is 10.5. The van der Waals surface area contributed by atoms with Crippen molar-refractivity contribution in [2.45, 2.75) is 89.8 Å². The van der Waals surface area contributed by atoms with E-state index in [0.29, 0.717) is 37.9 Å². The molecular formula is C24H40N6O5. The van der Waals surface area contributed by atoms with Gasteiger partial charge in [0.1, 0.15) is 23.3 Å². The maximum atomic E-state index is 12.4. The lowest BCUT2D eigenvalue weighted by Crippen LogP contribution is -2.36. The second kappa shape index (κ2) is 13.1. The van der Waals surface area contributed by atoms with Crippen LogP contribution >= 0.6 is 0 Å². The van der Waals surface area contributed by atoms with Gasteiger partial charge in [-0.3, -0.25) is 4.79 Å². The lowest BCUT2D eigenvalue weighted by Gasteiger charge is -2.33. The van der Waals surface area contributed by atoms with Crippen LogP contribution in [-0.2, 0) is 14.3 Å². The van der Waals surface area contributed by atoms with Crippen molar-refractivity contribution in [3.8, 4) is 0 Å². The molecule has 1 amide bonds. The number of nitrogen functional groups attached to an aromatic ring is 1. The number of ether oxygens (including phenoxy) is 2. The Hall–Kier alpha value is -3.11. The number of aldehydes is 1. The quantitative estimate of drug-likeness (QED) is 0.239. The Morgan fingerprint density at radius 2 is 1.89 bits per heavy atom. The minimum atomic E-state index is -0.748. The summed E-state index contributed by atoms with van der Waals surface area (Å²) in [5, 5.41) is 5.74. The van der Waals surface area contributed by atoms with Crippen LogP contribution in [0.25, 0.3) is 0 Å². The molecule has 0 spiro atoms. The Bertz CT molecular complexity index is 867. The molecule has 1 aromatic rings. The lowest BCUT2D eigenvalue weighted by molar-refractivity contribution is -0.141. The van der Waals surface area contributed by atoms with E-state index in [2.05, 4.69) is 20.6 Å². The molecule has 11 heteroatoms. The van der Waals surface area contributed by atoms with Gasteiger partial charge in [0.2, 0.25) is 5.95 Å². The zero-order valence-electron chi connectivity index (χ0n) is 21.6. The van der Waals surface area contributed by atoms with E-state index in [4.69, 9.17) is 15.2 Å². The van der Waals surface area contributed by atoms with Crippen molar-refractivity contribution >= 4 is 35.9 Å². The summed E-state index contributed by atoms with van der Waals surface area (Å²) < 4.78 is 10.2. The molecule has 2 rings (SSSR count). The molecule has 0 unspecified atom stereocenters. The van der Waals surface area contributed by atoms with E-state index in [-0.39, 0.29) is 23.4 Å². The van der Waals surface area contributed by atoms with Gasteiger partial charge in [-0.2, -0.15) is 9.97 Å². The molecule has 0 aromatic carbocycles. The monoisotopic (exact) mass is 492 g/mol. The van der Waals surface area contributed by atoms with Crippen LogP contribution in [0.3, 0.4) is 0 Å². The number of hydrogen-bond donors (Lipinski definition) is 3. The van der Waals surface area contributed by atoms with Gasteiger partial charge in [-0.1, -0.05) is 19.3 Å². The van der Waals surface area contributed by atoms with Crippen LogP contribution in [-0.4, -0.2) is 66.7 Å². The Balaban J connectivity index is 2.07. The fourth-order valence-corrected chi connectivity index (χ4v) is 4.14. The topological polar surface area (TPSA) is 149 Å². The highest BCUT2D eigenvalue weighted by atomic mass is 16.6. The van der Waals surface area contributed by atoms with Gasteiger partial charge in [-0.25, -0.2) is 9.59 Å². The fraction of sp³-hybridized carbons (Fsp3) is 0.708. The van der Waals surface area contributed by atoms with Crippen LogP contribution in [0, 0.1) is 0 Å². The van der Waals surface area contributed by atoms with Crippen LogP contribution in [0.1, 0.15) is 82.5 Å². The number of carbonyl (C=O) groups excluding carboxylic acids is 3. The second-order valence-corrected chi connectivity index (χ2v) is 9.83. The zero-order chi connectivity index (χ0) is 26.0. The molecule has 1 aliphatic carbocycles. The van der Waals surface area contributed by atoms with E-state index in [9.17, 15) is 14.4 Å². The molecule has 0 radical (unpaired) electrons. The van der Waals surface area contributed by atoms with E-state index in [1.807, 2.05) is 11.9 Å². The molecule has 1 aliphatic rings. The fourth-order valence-electron chi connectivity index (χ4n) is 4.14. The lowest BCUT2D eigenvalue weighted by atomic mass is 9.94. The maximum absolute atomic E-state index is 12.4. The number of carbonyl (C=O) groups is 3. The van der Waals surface area contributed by atoms with Crippen molar-refractivity contribution in [2.75, 3.05) is 36.7 Å². The molecule has 0 bridgehead atoms. The van der Waals surface area contributed by atoms with Gasteiger partial charge in [0.25, 0.3) is 0 Å². The summed E-state index contributed by atoms with van der Waals surface area (Å²) in [6, 6.07) is -0.485. The van der Waals surface area contributed by atoms with Crippen LogP contribution < -0.4 is 21.3 Å². The number of rotatable bonds is 11. The third-order valence-corrected chi connectivity index (χ3v) is 5.90. The first-order valence-electron chi connectivity index (χ1n) is 12.2. The smallest absolute Gasteiger partial charge is 0.407 e. The van der Waals surface area contributed by atoms with Crippen molar-refractivity contribution < 1.29 is 23.9 Å². The number of hydrogen-bond acceptors (Lipinski definition) is 10. The minimum Gasteiger partial charge on any atom is -0.467 e. The Morgan fingerprint density at radius 3 is 2.49 bits per heavy atom. The molecule has 1 heterocycles. The number of amides is 1. The summed E-state index contributed by atoms with van der Waals surface area (Å²) in [7, 11) is 3.21. The van der Waals surface area contributed by atoms with Crippen molar-refractivity contribution in [3.05, 3.63) is 5.56 Å². The third-order valence-electron chi connectivity index (χ3n) is 5.90. The highest BCUT2D eigenvalue weighted by Gasteiger charge is 2.26. The normalized spacial score (nSPS) is 15.1. The maximum Gasteiger partial charge on any atom is 0.407 e. The predicted octanol–water partition coefficient (Wildman–Crippen LogP) is 3.29. The van der Waals surface area contributed by atoms with E-state index >= 15 is 0 Å². The summed E-state index contributed by atoms with van der Waals surface area (Å²) in [6.07, 6.45) is 7.33. The average Bonchev–Trinajstić information content (AvgIpc) is 2.81. The summed E-state index contributed by atoms with van der Waals surface area (Å²) in [4.78, 5) is 46.8. The summed E-state index contributed by atoms with van der Waals surface area (Å²) in [6.45, 7) is 5.79. The number of methoxy groups -OCH3 is 1. The molecule has 1 fully saturated rings. The van der Waals surface area contributed by atoms with Gasteiger partial charge in [0.05, 0.1) is 12.7 Å². The van der Waals surface area contributed by atoms with E-state index in [1.165, 1.54) is 13.5 Å². The number of aromatic nitrogens is 2. The first-order valence-corrected chi connectivity index (χ1v) is 12.2. The Morgan fingerprint density at radius 1 is 1.20 bits per heavy atom. The molecule has 35 heavy (non-hydrogen) atoms. The summed E-state index contributed by atoms with van der Waals surface area (Å²) in [5.74, 6) is 0.182. The SMILES string of the molecule is COC(=O)[C@H](CCCCNC(=O)OC(C)(C)C)Nc1nc(N)nc(N(C)C2CCCCC2)c1C=O. The predicted molar refractivity (Wildman–Crippen MR) is 135 cm³/mol. The Labute approximate surface area is 207 Å². The second-order valence-electron chi connectivity index (χ2n) is 9.83. The highest BCUT2D eigenvalue weighted by molar-refractivity contribution is 5.91. The van der Waals surface area contributed by atoms with Crippen LogP contribution in [0.5, 0.6) is 0 Å². The molecular weight excluding hydrogens is 452 g/mol. The van der Waals surface area contributed by atoms with Gasteiger partial charge in [-0.15, -0.1) is 0 Å². The van der Waals surface area contributed by atoms with Gasteiger partial charge < -0.3 is 30.7 Å². The van der Waals surface area contributed by atoms with E-state index in [0.717, 1.165) is 25.7 Å². The van der Waals surface area contributed by atoms with E-state index < -0.39 is 23.7 Å². The van der Waals surface area contributed by atoms with Crippen LogP contribution in [0.2, 0.25) is 0 Å². The molecule has 1 atom stereocenters. The van der Waals surface area contributed by atoms with Crippen molar-refractivity contribution in [1.82, 2.24) is 15.3 Å². The molecule has 1 aromatic heterocycles. The van der Waals surface area contributed by atoms with Gasteiger partial charge in [-0.05, 0) is 52.9 Å². The first kappa shape index (κ1) is 28.1. The standard InChI is InChI=1S/C24H40N6O5/c1-24(2,3)35-23(33)26-14-10-9-13-18(21(32)34-5)27-19-17(15-31)20(29-22(25)28-19)30(4)16-11-7-6-8-12-16/h15-16,18H,6-14H2,1-5H3,(H,26,33)(H3,25,27,28,29)/t18-/m0/s1. The number of esters is 1. The van der Waals surface area contributed by atoms with Gasteiger partial charge in [0.15, 0.2) is 6.29 Å². The molecule has 0 saturated heterocycles. The van der Waals surface area contributed by atoms with Crippen molar-refractivity contribution in [1.29, 1.82) is 0 Å². The van der Waals surface area contributed by atoms with Crippen molar-refractivity contribution in [3.63, 3.8) is 0 Å². The molecule has 0 aliphatic heterocycles.